The lowest BCUT2D eigenvalue weighted by molar-refractivity contribution is 0.102. The Hall–Kier alpha value is -1.55. The van der Waals surface area contributed by atoms with Crippen LogP contribution in [-0.2, 0) is 10.2 Å². The summed E-state index contributed by atoms with van der Waals surface area (Å²) in [7, 11) is -1.06. The molecular formula is C13H10Cl2FN3O3S2. The SMILES string of the molecule is CN1c2cc(F)c(NC(=O)c3cc(Cl)sc3Cl)cc2N(C)S1(=O)=O. The van der Waals surface area contributed by atoms with Gasteiger partial charge in [-0.2, -0.15) is 8.42 Å². The fraction of sp³-hybridized carbons (Fsp3) is 0.154. The van der Waals surface area contributed by atoms with E-state index in [1.165, 1.54) is 26.2 Å². The van der Waals surface area contributed by atoms with Crippen molar-refractivity contribution >= 4 is 67.7 Å². The van der Waals surface area contributed by atoms with Crippen LogP contribution in [0.1, 0.15) is 10.4 Å². The Bertz CT molecular complexity index is 962. The predicted molar refractivity (Wildman–Crippen MR) is 94.4 cm³/mol. The summed E-state index contributed by atoms with van der Waals surface area (Å²) in [5.41, 5.74) is 0.396. The van der Waals surface area contributed by atoms with E-state index in [4.69, 9.17) is 23.2 Å². The van der Waals surface area contributed by atoms with Crippen LogP contribution >= 0.6 is 34.5 Å². The molecular weight excluding hydrogens is 400 g/mol. The highest BCUT2D eigenvalue weighted by Gasteiger charge is 2.36. The third kappa shape index (κ3) is 2.61. The van der Waals surface area contributed by atoms with Gasteiger partial charge in [0.1, 0.15) is 10.2 Å². The van der Waals surface area contributed by atoms with Crippen molar-refractivity contribution in [1.29, 1.82) is 0 Å². The Morgan fingerprint density at radius 1 is 1.17 bits per heavy atom. The van der Waals surface area contributed by atoms with Crippen LogP contribution in [0, 0.1) is 5.82 Å². The van der Waals surface area contributed by atoms with Gasteiger partial charge in [-0.15, -0.1) is 11.3 Å². The van der Waals surface area contributed by atoms with Gasteiger partial charge in [0.15, 0.2) is 0 Å². The van der Waals surface area contributed by atoms with E-state index in [1.54, 1.807) is 0 Å². The van der Waals surface area contributed by atoms with Crippen LogP contribution in [0.4, 0.5) is 21.5 Å². The first-order valence-corrected chi connectivity index (χ1v) is 9.42. The van der Waals surface area contributed by atoms with Crippen molar-refractivity contribution in [3.63, 3.8) is 0 Å². The summed E-state index contributed by atoms with van der Waals surface area (Å²) in [6.45, 7) is 0. The first-order chi connectivity index (χ1) is 11.1. The molecule has 2 aromatic rings. The molecule has 0 unspecified atom stereocenters. The van der Waals surface area contributed by atoms with E-state index in [0.717, 1.165) is 26.0 Å². The maximum Gasteiger partial charge on any atom is 0.326 e. The molecule has 24 heavy (non-hydrogen) atoms. The van der Waals surface area contributed by atoms with Crippen molar-refractivity contribution in [3.05, 3.63) is 38.3 Å². The number of fused-ring (bicyclic) bond motifs is 1. The number of nitrogens with zero attached hydrogens (tertiary/aromatic N) is 2. The van der Waals surface area contributed by atoms with Crippen molar-refractivity contribution < 1.29 is 17.6 Å². The molecule has 1 aliphatic heterocycles. The van der Waals surface area contributed by atoms with Crippen LogP contribution in [0.25, 0.3) is 0 Å². The highest BCUT2D eigenvalue weighted by molar-refractivity contribution is 7.94. The molecule has 3 rings (SSSR count). The summed E-state index contributed by atoms with van der Waals surface area (Å²) < 4.78 is 40.9. The third-order valence-electron chi connectivity index (χ3n) is 3.58. The zero-order valence-electron chi connectivity index (χ0n) is 12.3. The first kappa shape index (κ1) is 17.3. The average molecular weight is 410 g/mol. The number of hydrogen-bond donors (Lipinski definition) is 1. The minimum atomic E-state index is -3.73. The Morgan fingerprint density at radius 3 is 2.29 bits per heavy atom. The topological polar surface area (TPSA) is 69.7 Å². The minimum absolute atomic E-state index is 0.115. The van der Waals surface area contributed by atoms with Crippen molar-refractivity contribution in [2.75, 3.05) is 28.0 Å². The van der Waals surface area contributed by atoms with Crippen LogP contribution in [0.3, 0.4) is 0 Å². The zero-order valence-corrected chi connectivity index (χ0v) is 15.4. The number of amides is 1. The maximum absolute atomic E-state index is 14.3. The number of thiophene rings is 1. The Kier molecular flexibility index (Phi) is 4.15. The highest BCUT2D eigenvalue weighted by atomic mass is 35.5. The molecule has 0 atom stereocenters. The number of carbonyl (C=O) groups is 1. The predicted octanol–water partition coefficient (Wildman–Crippen LogP) is 3.58. The third-order valence-corrected chi connectivity index (χ3v) is 6.85. The molecule has 0 radical (unpaired) electrons. The number of halogens is 3. The first-order valence-electron chi connectivity index (χ1n) is 6.45. The number of hydrogen-bond acceptors (Lipinski definition) is 4. The fourth-order valence-electron chi connectivity index (χ4n) is 2.27. The van der Waals surface area contributed by atoms with E-state index in [1.807, 2.05) is 0 Å². The van der Waals surface area contributed by atoms with Gasteiger partial charge in [0.25, 0.3) is 5.91 Å². The molecule has 0 spiro atoms. The maximum atomic E-state index is 14.3. The molecule has 0 bridgehead atoms. The molecule has 11 heteroatoms. The van der Waals surface area contributed by atoms with Gasteiger partial charge in [-0.05, 0) is 12.1 Å². The molecule has 1 aromatic carbocycles. The van der Waals surface area contributed by atoms with Crippen LogP contribution in [0.2, 0.25) is 8.67 Å². The molecule has 1 aromatic heterocycles. The lowest BCUT2D eigenvalue weighted by atomic mass is 10.2. The van der Waals surface area contributed by atoms with Crippen LogP contribution in [0.15, 0.2) is 18.2 Å². The highest BCUT2D eigenvalue weighted by Crippen LogP contribution is 2.42. The van der Waals surface area contributed by atoms with E-state index < -0.39 is 21.9 Å². The van der Waals surface area contributed by atoms with Gasteiger partial charge in [-0.1, -0.05) is 23.2 Å². The molecule has 1 N–H and O–H groups in total. The largest absolute Gasteiger partial charge is 0.326 e. The van der Waals surface area contributed by atoms with E-state index in [9.17, 15) is 17.6 Å². The number of anilines is 3. The lowest BCUT2D eigenvalue weighted by Crippen LogP contribution is -2.32. The second kappa shape index (κ2) is 5.76. The van der Waals surface area contributed by atoms with E-state index >= 15 is 0 Å². The average Bonchev–Trinajstić information content (AvgIpc) is 2.92. The summed E-state index contributed by atoms with van der Waals surface area (Å²) in [5.74, 6) is -1.41. The van der Waals surface area contributed by atoms with E-state index in [-0.39, 0.29) is 27.0 Å². The lowest BCUT2D eigenvalue weighted by Gasteiger charge is -2.13. The summed E-state index contributed by atoms with van der Waals surface area (Å²) in [6, 6.07) is 3.68. The van der Waals surface area contributed by atoms with Gasteiger partial charge in [0.2, 0.25) is 0 Å². The molecule has 1 aliphatic rings. The Morgan fingerprint density at radius 2 is 1.75 bits per heavy atom. The Balaban J connectivity index is 1.99. The van der Waals surface area contributed by atoms with Crippen molar-refractivity contribution in [2.45, 2.75) is 0 Å². The molecule has 0 saturated carbocycles. The summed E-state index contributed by atoms with van der Waals surface area (Å²) >= 11 is 12.7. The minimum Gasteiger partial charge on any atom is -0.319 e. The number of benzene rings is 1. The quantitative estimate of drug-likeness (QED) is 0.823. The second-order valence-electron chi connectivity index (χ2n) is 4.96. The standard InChI is InChI=1S/C13H10Cl2FN3O3S2/c1-18-9-4-7(16)8(5-10(9)19(2)24(18,21)22)17-13(20)6-3-11(14)23-12(6)15/h3-5H,1-2H3,(H,17,20). The van der Waals surface area contributed by atoms with Gasteiger partial charge in [0, 0.05) is 20.2 Å². The van der Waals surface area contributed by atoms with Crippen molar-refractivity contribution in [1.82, 2.24) is 0 Å². The molecule has 0 saturated heterocycles. The Labute approximate surface area is 151 Å². The number of nitrogens with one attached hydrogen (secondary N) is 1. The van der Waals surface area contributed by atoms with Crippen molar-refractivity contribution in [2.24, 2.45) is 0 Å². The monoisotopic (exact) mass is 409 g/mol. The summed E-state index contributed by atoms with van der Waals surface area (Å²) in [5, 5.41) is 2.38. The van der Waals surface area contributed by atoms with Crippen LogP contribution in [-0.4, -0.2) is 28.4 Å². The summed E-state index contributed by atoms with van der Waals surface area (Å²) in [6.07, 6.45) is 0. The van der Waals surface area contributed by atoms with Gasteiger partial charge in [-0.3, -0.25) is 13.4 Å². The summed E-state index contributed by atoms with van der Waals surface area (Å²) in [4.78, 5) is 12.2. The second-order valence-corrected chi connectivity index (χ2v) is 9.23. The van der Waals surface area contributed by atoms with Crippen molar-refractivity contribution in [3.8, 4) is 0 Å². The van der Waals surface area contributed by atoms with Gasteiger partial charge in [0.05, 0.1) is 27.0 Å². The molecule has 128 valence electrons. The molecule has 0 aliphatic carbocycles. The number of rotatable bonds is 2. The van der Waals surface area contributed by atoms with E-state index in [2.05, 4.69) is 5.32 Å². The molecule has 0 fully saturated rings. The number of carbonyl (C=O) groups excluding carboxylic acids is 1. The van der Waals surface area contributed by atoms with E-state index in [0.29, 0.717) is 4.34 Å². The molecule has 2 heterocycles. The van der Waals surface area contributed by atoms with Crippen LogP contribution in [0.5, 0.6) is 0 Å². The molecule has 6 nitrogen and oxygen atoms in total. The fourth-order valence-corrected chi connectivity index (χ4v) is 4.88. The van der Waals surface area contributed by atoms with Gasteiger partial charge < -0.3 is 5.32 Å². The van der Waals surface area contributed by atoms with Crippen LogP contribution < -0.4 is 13.9 Å². The molecule has 1 amide bonds. The zero-order chi connectivity index (χ0) is 17.8. The van der Waals surface area contributed by atoms with Gasteiger partial charge in [-0.25, -0.2) is 4.39 Å². The van der Waals surface area contributed by atoms with Gasteiger partial charge >= 0.3 is 10.2 Å². The normalized spacial score (nSPS) is 15.5. The smallest absolute Gasteiger partial charge is 0.319 e.